The quantitative estimate of drug-likeness (QED) is 0.645. The molecule has 2 N–H and O–H groups in total. The molecule has 1 aliphatic heterocycles. The van der Waals surface area contributed by atoms with Gasteiger partial charge in [-0.25, -0.2) is 9.97 Å². The van der Waals surface area contributed by atoms with E-state index in [1.807, 2.05) is 43.3 Å². The molecule has 0 aliphatic carbocycles. The van der Waals surface area contributed by atoms with Crippen LogP contribution in [0.15, 0.2) is 48.5 Å². The first kappa shape index (κ1) is 17.9. The van der Waals surface area contributed by atoms with Gasteiger partial charge in [0.25, 0.3) is 0 Å². The number of hydrogen-bond donors (Lipinski definition) is 2. The molecule has 4 rings (SSSR count). The summed E-state index contributed by atoms with van der Waals surface area (Å²) in [6.07, 6.45) is 0.887. The minimum absolute atomic E-state index is 0.258. The summed E-state index contributed by atoms with van der Waals surface area (Å²) in [5.41, 5.74) is 2.12. The standard InChI is InChI=1S/C21H22N4O3/c1-14-23-20(22-10-9-15-3-6-17(26-2)7-4-15)12-21(24-14)25-16-5-8-18-19(11-16)28-13-27-18/h3-8,11-12H,9-10,13H2,1-2H3,(H2,22,23,24,25). The van der Waals surface area contributed by atoms with Gasteiger partial charge in [0.15, 0.2) is 11.5 Å². The van der Waals surface area contributed by atoms with Crippen LogP contribution >= 0.6 is 0 Å². The van der Waals surface area contributed by atoms with Crippen molar-refractivity contribution in [1.82, 2.24) is 9.97 Å². The molecule has 0 bridgehead atoms. The number of hydrogen-bond acceptors (Lipinski definition) is 7. The Kier molecular flexibility index (Phi) is 5.14. The van der Waals surface area contributed by atoms with Crippen LogP contribution in [0.3, 0.4) is 0 Å². The van der Waals surface area contributed by atoms with Crippen molar-refractivity contribution in [3.8, 4) is 17.2 Å². The Morgan fingerprint density at radius 1 is 0.964 bits per heavy atom. The third-order valence-electron chi connectivity index (χ3n) is 4.36. The maximum atomic E-state index is 5.42. The second-order valence-corrected chi connectivity index (χ2v) is 6.40. The molecule has 0 radical (unpaired) electrons. The van der Waals surface area contributed by atoms with Crippen molar-refractivity contribution in [2.75, 3.05) is 31.1 Å². The van der Waals surface area contributed by atoms with E-state index >= 15 is 0 Å². The van der Waals surface area contributed by atoms with E-state index in [0.29, 0.717) is 5.82 Å². The normalized spacial score (nSPS) is 11.9. The summed E-state index contributed by atoms with van der Waals surface area (Å²) in [7, 11) is 1.67. The molecule has 0 fully saturated rings. The van der Waals surface area contributed by atoms with Crippen LogP contribution in [0.4, 0.5) is 17.3 Å². The highest BCUT2D eigenvalue weighted by Crippen LogP contribution is 2.35. The van der Waals surface area contributed by atoms with Gasteiger partial charge in [-0.2, -0.15) is 0 Å². The largest absolute Gasteiger partial charge is 0.497 e. The molecule has 144 valence electrons. The first-order valence-electron chi connectivity index (χ1n) is 9.09. The lowest BCUT2D eigenvalue weighted by molar-refractivity contribution is 0.174. The van der Waals surface area contributed by atoms with Crippen molar-refractivity contribution in [2.45, 2.75) is 13.3 Å². The number of ether oxygens (including phenoxy) is 3. The summed E-state index contributed by atoms with van der Waals surface area (Å²) >= 11 is 0. The smallest absolute Gasteiger partial charge is 0.231 e. The number of aromatic nitrogens is 2. The molecular formula is C21H22N4O3. The maximum Gasteiger partial charge on any atom is 0.231 e. The Balaban J connectivity index is 1.39. The average molecular weight is 378 g/mol. The van der Waals surface area contributed by atoms with Crippen LogP contribution < -0.4 is 24.8 Å². The minimum atomic E-state index is 0.258. The van der Waals surface area contributed by atoms with E-state index in [1.54, 1.807) is 7.11 Å². The van der Waals surface area contributed by atoms with Gasteiger partial charge in [-0.05, 0) is 43.2 Å². The van der Waals surface area contributed by atoms with Gasteiger partial charge in [0.05, 0.1) is 7.11 Å². The van der Waals surface area contributed by atoms with E-state index in [0.717, 1.165) is 47.5 Å². The summed E-state index contributed by atoms with van der Waals surface area (Å²) in [6, 6.07) is 15.7. The van der Waals surface area contributed by atoms with E-state index in [-0.39, 0.29) is 6.79 Å². The SMILES string of the molecule is COc1ccc(CCNc2cc(Nc3ccc4c(c3)OCO4)nc(C)n2)cc1. The van der Waals surface area contributed by atoms with Gasteiger partial charge >= 0.3 is 0 Å². The predicted molar refractivity (Wildman–Crippen MR) is 108 cm³/mol. The summed E-state index contributed by atoms with van der Waals surface area (Å²) in [5.74, 6) is 4.54. The van der Waals surface area contributed by atoms with Crippen molar-refractivity contribution in [1.29, 1.82) is 0 Å². The molecular weight excluding hydrogens is 356 g/mol. The Morgan fingerprint density at radius 2 is 1.75 bits per heavy atom. The zero-order valence-electron chi connectivity index (χ0n) is 15.9. The van der Waals surface area contributed by atoms with Crippen LogP contribution in [-0.4, -0.2) is 30.4 Å². The maximum absolute atomic E-state index is 5.42. The number of aryl methyl sites for hydroxylation is 1. The molecule has 0 saturated heterocycles. The zero-order chi connectivity index (χ0) is 19.3. The Hall–Kier alpha value is -3.48. The lowest BCUT2D eigenvalue weighted by Gasteiger charge is -2.11. The van der Waals surface area contributed by atoms with Crippen molar-refractivity contribution < 1.29 is 14.2 Å². The zero-order valence-corrected chi connectivity index (χ0v) is 15.9. The van der Waals surface area contributed by atoms with Crippen LogP contribution in [0.1, 0.15) is 11.4 Å². The van der Waals surface area contributed by atoms with Crippen LogP contribution in [-0.2, 0) is 6.42 Å². The number of rotatable bonds is 7. The van der Waals surface area contributed by atoms with Gasteiger partial charge < -0.3 is 24.8 Å². The lowest BCUT2D eigenvalue weighted by atomic mass is 10.1. The number of benzene rings is 2. The van der Waals surface area contributed by atoms with Gasteiger partial charge in [-0.3, -0.25) is 0 Å². The van der Waals surface area contributed by atoms with Crippen LogP contribution in [0.5, 0.6) is 17.2 Å². The molecule has 1 aromatic heterocycles. The number of anilines is 3. The molecule has 2 aromatic carbocycles. The second kappa shape index (κ2) is 8.04. The van der Waals surface area contributed by atoms with E-state index in [9.17, 15) is 0 Å². The molecule has 2 heterocycles. The van der Waals surface area contributed by atoms with Crippen molar-refractivity contribution in [3.05, 3.63) is 59.9 Å². The van der Waals surface area contributed by atoms with E-state index < -0.39 is 0 Å². The highest BCUT2D eigenvalue weighted by molar-refractivity contribution is 5.63. The first-order valence-corrected chi connectivity index (χ1v) is 9.09. The second-order valence-electron chi connectivity index (χ2n) is 6.40. The van der Waals surface area contributed by atoms with Gasteiger partial charge in [0, 0.05) is 24.4 Å². The van der Waals surface area contributed by atoms with Crippen molar-refractivity contribution in [2.24, 2.45) is 0 Å². The third kappa shape index (κ3) is 4.25. The highest BCUT2D eigenvalue weighted by Gasteiger charge is 2.13. The molecule has 3 aromatic rings. The van der Waals surface area contributed by atoms with Crippen molar-refractivity contribution >= 4 is 17.3 Å². The fourth-order valence-electron chi connectivity index (χ4n) is 2.97. The number of nitrogens with zero attached hydrogens (tertiary/aromatic N) is 2. The fraction of sp³-hybridized carbons (Fsp3) is 0.238. The molecule has 0 saturated carbocycles. The molecule has 7 heteroatoms. The molecule has 7 nitrogen and oxygen atoms in total. The molecule has 1 aliphatic rings. The molecule has 0 unspecified atom stereocenters. The lowest BCUT2D eigenvalue weighted by Crippen LogP contribution is -2.08. The van der Waals surface area contributed by atoms with Crippen molar-refractivity contribution in [3.63, 3.8) is 0 Å². The predicted octanol–water partition coefficient (Wildman–Crippen LogP) is 3.92. The summed E-state index contributed by atoms with van der Waals surface area (Å²) in [5, 5.41) is 6.66. The van der Waals surface area contributed by atoms with Crippen LogP contribution in [0.25, 0.3) is 0 Å². The number of methoxy groups -OCH3 is 1. The van der Waals surface area contributed by atoms with E-state index in [1.165, 1.54) is 5.56 Å². The highest BCUT2D eigenvalue weighted by atomic mass is 16.7. The topological polar surface area (TPSA) is 77.5 Å². The van der Waals surface area contributed by atoms with Crippen LogP contribution in [0.2, 0.25) is 0 Å². The average Bonchev–Trinajstić information content (AvgIpc) is 3.16. The van der Waals surface area contributed by atoms with E-state index in [4.69, 9.17) is 14.2 Å². The fourth-order valence-corrected chi connectivity index (χ4v) is 2.97. The number of fused-ring (bicyclic) bond motifs is 1. The molecule has 0 amide bonds. The van der Waals surface area contributed by atoms with Gasteiger partial charge in [0.2, 0.25) is 6.79 Å². The van der Waals surface area contributed by atoms with Gasteiger partial charge in [-0.15, -0.1) is 0 Å². The summed E-state index contributed by atoms with van der Waals surface area (Å²) in [4.78, 5) is 8.92. The molecule has 0 atom stereocenters. The molecule has 0 spiro atoms. The Bertz CT molecular complexity index is 960. The minimum Gasteiger partial charge on any atom is -0.497 e. The summed E-state index contributed by atoms with van der Waals surface area (Å²) < 4.78 is 16.0. The Morgan fingerprint density at radius 3 is 2.57 bits per heavy atom. The monoisotopic (exact) mass is 378 g/mol. The van der Waals surface area contributed by atoms with Crippen LogP contribution in [0, 0.1) is 6.92 Å². The van der Waals surface area contributed by atoms with Gasteiger partial charge in [-0.1, -0.05) is 12.1 Å². The number of nitrogens with one attached hydrogen (secondary N) is 2. The van der Waals surface area contributed by atoms with E-state index in [2.05, 4.69) is 32.7 Å². The Labute approximate surface area is 163 Å². The summed E-state index contributed by atoms with van der Waals surface area (Å²) in [6.45, 7) is 2.90. The van der Waals surface area contributed by atoms with Gasteiger partial charge in [0.1, 0.15) is 23.2 Å². The first-order chi connectivity index (χ1) is 13.7. The molecule has 28 heavy (non-hydrogen) atoms. The third-order valence-corrected chi connectivity index (χ3v) is 4.36.